The number of ether oxygens (including phenoxy) is 1. The van der Waals surface area contributed by atoms with E-state index < -0.39 is 6.04 Å². The van der Waals surface area contributed by atoms with Crippen LogP contribution >= 0.6 is 11.6 Å². The molecular weight excluding hydrogens is 290 g/mol. The van der Waals surface area contributed by atoms with Gasteiger partial charge >= 0.3 is 5.97 Å². The summed E-state index contributed by atoms with van der Waals surface area (Å²) < 4.78 is 6.67. The van der Waals surface area contributed by atoms with Gasteiger partial charge in [-0.25, -0.2) is 4.79 Å². The second kappa shape index (κ2) is 6.63. The summed E-state index contributed by atoms with van der Waals surface area (Å²) in [4.78, 5) is 11.6. The molecule has 1 N–H and O–H groups in total. The summed E-state index contributed by atoms with van der Waals surface area (Å²) in [6.45, 7) is 3.91. The molecular formula is C15H18ClN3O2. The largest absolute Gasteiger partial charge is 0.464 e. The highest BCUT2D eigenvalue weighted by Gasteiger charge is 2.16. The SMILES string of the molecule is CCOC(=O)C(C)Nc1cc(-c2ccc(Cl)cc2)nn1C. The smallest absolute Gasteiger partial charge is 0.328 e. The quantitative estimate of drug-likeness (QED) is 0.862. The molecule has 0 saturated heterocycles. The van der Waals surface area contributed by atoms with Crippen LogP contribution in [0.1, 0.15) is 13.8 Å². The first kappa shape index (κ1) is 15.4. The number of aromatic nitrogens is 2. The third-order valence-corrected chi connectivity index (χ3v) is 3.28. The lowest BCUT2D eigenvalue weighted by Crippen LogP contribution is -2.29. The second-order valence-electron chi connectivity index (χ2n) is 4.66. The Kier molecular flexibility index (Phi) is 4.85. The van der Waals surface area contributed by atoms with Gasteiger partial charge in [0.15, 0.2) is 0 Å². The Morgan fingerprint density at radius 3 is 2.71 bits per heavy atom. The molecule has 0 radical (unpaired) electrons. The molecule has 0 saturated carbocycles. The van der Waals surface area contributed by atoms with Crippen LogP contribution in [-0.2, 0) is 16.6 Å². The maximum absolute atomic E-state index is 11.6. The molecule has 0 fully saturated rings. The molecule has 112 valence electrons. The summed E-state index contributed by atoms with van der Waals surface area (Å²) in [7, 11) is 1.82. The van der Waals surface area contributed by atoms with Crippen LogP contribution in [0.3, 0.4) is 0 Å². The first-order valence-electron chi connectivity index (χ1n) is 6.74. The van der Waals surface area contributed by atoms with Crippen LogP contribution < -0.4 is 5.32 Å². The van der Waals surface area contributed by atoms with E-state index in [-0.39, 0.29) is 5.97 Å². The fourth-order valence-electron chi connectivity index (χ4n) is 1.91. The monoisotopic (exact) mass is 307 g/mol. The van der Waals surface area contributed by atoms with Crippen molar-refractivity contribution in [2.24, 2.45) is 7.05 Å². The third kappa shape index (κ3) is 3.76. The van der Waals surface area contributed by atoms with E-state index in [1.54, 1.807) is 18.5 Å². The molecule has 1 heterocycles. The molecule has 1 aromatic heterocycles. The minimum absolute atomic E-state index is 0.285. The maximum Gasteiger partial charge on any atom is 0.328 e. The summed E-state index contributed by atoms with van der Waals surface area (Å²) in [5.41, 5.74) is 1.78. The summed E-state index contributed by atoms with van der Waals surface area (Å²) >= 11 is 5.88. The zero-order valence-electron chi connectivity index (χ0n) is 12.3. The van der Waals surface area contributed by atoms with Crippen molar-refractivity contribution in [3.63, 3.8) is 0 Å². The Balaban J connectivity index is 2.16. The number of esters is 1. The minimum Gasteiger partial charge on any atom is -0.464 e. The van der Waals surface area contributed by atoms with Gasteiger partial charge < -0.3 is 10.1 Å². The third-order valence-electron chi connectivity index (χ3n) is 3.02. The van der Waals surface area contributed by atoms with Gasteiger partial charge in [0.2, 0.25) is 0 Å². The number of rotatable bonds is 5. The summed E-state index contributed by atoms with van der Waals surface area (Å²) in [6, 6.07) is 8.91. The van der Waals surface area contributed by atoms with Crippen LogP contribution in [0.5, 0.6) is 0 Å². The van der Waals surface area contributed by atoms with Gasteiger partial charge in [0, 0.05) is 23.7 Å². The van der Waals surface area contributed by atoms with Gasteiger partial charge in [-0.3, -0.25) is 4.68 Å². The maximum atomic E-state index is 11.6. The predicted octanol–water partition coefficient (Wildman–Crippen LogP) is 3.10. The number of hydrogen-bond acceptors (Lipinski definition) is 4. The summed E-state index contributed by atoms with van der Waals surface area (Å²) in [6.07, 6.45) is 0. The lowest BCUT2D eigenvalue weighted by Gasteiger charge is -2.13. The number of anilines is 1. The van der Waals surface area contributed by atoms with Crippen molar-refractivity contribution in [1.29, 1.82) is 0 Å². The van der Waals surface area contributed by atoms with Gasteiger partial charge in [0.05, 0.1) is 12.3 Å². The molecule has 0 spiro atoms. The van der Waals surface area contributed by atoms with Crippen LogP contribution in [0.4, 0.5) is 5.82 Å². The number of nitrogens with one attached hydrogen (secondary N) is 1. The van der Waals surface area contributed by atoms with E-state index in [9.17, 15) is 4.79 Å². The Hall–Kier alpha value is -2.01. The molecule has 21 heavy (non-hydrogen) atoms. The number of hydrogen-bond donors (Lipinski definition) is 1. The number of aryl methyl sites for hydroxylation is 1. The van der Waals surface area contributed by atoms with E-state index in [0.29, 0.717) is 11.6 Å². The van der Waals surface area contributed by atoms with Crippen molar-refractivity contribution in [2.45, 2.75) is 19.9 Å². The molecule has 1 unspecified atom stereocenters. The number of carbonyl (C=O) groups excluding carboxylic acids is 1. The molecule has 0 bridgehead atoms. The van der Waals surface area contributed by atoms with Crippen molar-refractivity contribution in [3.8, 4) is 11.3 Å². The molecule has 1 atom stereocenters. The Labute approximate surface area is 128 Å². The second-order valence-corrected chi connectivity index (χ2v) is 5.10. The zero-order valence-corrected chi connectivity index (χ0v) is 13.0. The molecule has 0 aliphatic rings. The summed E-state index contributed by atoms with van der Waals surface area (Å²) in [5, 5.41) is 8.21. The van der Waals surface area contributed by atoms with Crippen LogP contribution in [0, 0.1) is 0 Å². The average molecular weight is 308 g/mol. The van der Waals surface area contributed by atoms with Gasteiger partial charge in [-0.05, 0) is 26.0 Å². The Morgan fingerprint density at radius 2 is 2.10 bits per heavy atom. The van der Waals surface area contributed by atoms with E-state index in [1.165, 1.54) is 0 Å². The molecule has 0 amide bonds. The van der Waals surface area contributed by atoms with Crippen molar-refractivity contribution in [2.75, 3.05) is 11.9 Å². The molecule has 1 aromatic carbocycles. The number of carbonyl (C=O) groups is 1. The van der Waals surface area contributed by atoms with Crippen molar-refractivity contribution in [3.05, 3.63) is 35.4 Å². The first-order valence-corrected chi connectivity index (χ1v) is 7.12. The fraction of sp³-hybridized carbons (Fsp3) is 0.333. The Morgan fingerprint density at radius 1 is 1.43 bits per heavy atom. The van der Waals surface area contributed by atoms with E-state index in [1.807, 2.05) is 37.4 Å². The van der Waals surface area contributed by atoms with Crippen molar-refractivity contribution >= 4 is 23.4 Å². The lowest BCUT2D eigenvalue weighted by atomic mass is 10.1. The highest BCUT2D eigenvalue weighted by Crippen LogP contribution is 2.23. The van der Waals surface area contributed by atoms with E-state index >= 15 is 0 Å². The first-order chi connectivity index (χ1) is 10.0. The molecule has 0 aliphatic heterocycles. The minimum atomic E-state index is -0.432. The predicted molar refractivity (Wildman–Crippen MR) is 83.4 cm³/mol. The van der Waals surface area contributed by atoms with E-state index in [4.69, 9.17) is 16.3 Å². The highest BCUT2D eigenvalue weighted by molar-refractivity contribution is 6.30. The van der Waals surface area contributed by atoms with Crippen LogP contribution in [0.15, 0.2) is 30.3 Å². The zero-order chi connectivity index (χ0) is 15.4. The van der Waals surface area contributed by atoms with Crippen LogP contribution in [-0.4, -0.2) is 28.4 Å². The van der Waals surface area contributed by atoms with Gasteiger partial charge in [-0.1, -0.05) is 23.7 Å². The van der Waals surface area contributed by atoms with Crippen LogP contribution in [0.25, 0.3) is 11.3 Å². The number of benzene rings is 1. The normalized spacial score (nSPS) is 12.0. The summed E-state index contributed by atoms with van der Waals surface area (Å²) in [5.74, 6) is 0.465. The molecule has 6 heteroatoms. The number of halogens is 1. The van der Waals surface area contributed by atoms with Gasteiger partial charge in [-0.15, -0.1) is 0 Å². The van der Waals surface area contributed by atoms with Gasteiger partial charge in [-0.2, -0.15) is 5.10 Å². The number of nitrogens with zero attached hydrogens (tertiary/aromatic N) is 2. The molecule has 5 nitrogen and oxygen atoms in total. The van der Waals surface area contributed by atoms with E-state index in [0.717, 1.165) is 17.1 Å². The standard InChI is InChI=1S/C15H18ClN3O2/c1-4-21-15(20)10(2)17-14-9-13(18-19(14)3)11-5-7-12(16)8-6-11/h5-10,17H,4H2,1-3H3. The fourth-order valence-corrected chi connectivity index (χ4v) is 2.04. The topological polar surface area (TPSA) is 56.1 Å². The van der Waals surface area contributed by atoms with Gasteiger partial charge in [0.1, 0.15) is 11.9 Å². The Bertz CT molecular complexity index is 622. The average Bonchev–Trinajstić information content (AvgIpc) is 2.81. The van der Waals surface area contributed by atoms with Crippen molar-refractivity contribution < 1.29 is 9.53 Å². The molecule has 2 rings (SSSR count). The van der Waals surface area contributed by atoms with Crippen LogP contribution in [0.2, 0.25) is 5.02 Å². The van der Waals surface area contributed by atoms with Crippen molar-refractivity contribution in [1.82, 2.24) is 9.78 Å². The van der Waals surface area contributed by atoms with E-state index in [2.05, 4.69) is 10.4 Å². The van der Waals surface area contributed by atoms with Gasteiger partial charge in [0.25, 0.3) is 0 Å². The molecule has 0 aliphatic carbocycles. The molecule has 2 aromatic rings. The lowest BCUT2D eigenvalue weighted by molar-refractivity contribution is -0.143. The highest BCUT2D eigenvalue weighted by atomic mass is 35.5.